The van der Waals surface area contributed by atoms with E-state index in [1.807, 2.05) is 0 Å². The number of hydrogen-bond donors (Lipinski definition) is 0. The number of hydrogen-bond acceptors (Lipinski definition) is 6. The first-order chi connectivity index (χ1) is 21.7. The van der Waals surface area contributed by atoms with E-state index < -0.39 is 5.41 Å². The Balaban J connectivity index is 1.24. The molecule has 3 aromatic rings. The van der Waals surface area contributed by atoms with Crippen LogP contribution in [-0.4, -0.2) is 58.0 Å². The number of benzene rings is 3. The molecule has 3 aliphatic carbocycles. The van der Waals surface area contributed by atoms with E-state index in [1.54, 1.807) is 0 Å². The largest absolute Gasteiger partial charge is 0.494 e. The minimum Gasteiger partial charge on any atom is -0.494 e. The number of ether oxygens (including phenoxy) is 6. The summed E-state index contributed by atoms with van der Waals surface area (Å²) in [5, 5.41) is 0. The Bertz CT molecular complexity index is 1490. The molecule has 3 heterocycles. The van der Waals surface area contributed by atoms with E-state index in [-0.39, 0.29) is 36.1 Å². The molecular weight excluding hydrogens is 552 g/mol. The highest BCUT2D eigenvalue weighted by Gasteiger charge is 2.58. The van der Waals surface area contributed by atoms with Gasteiger partial charge in [0.05, 0.1) is 19.8 Å². The maximum absolute atomic E-state index is 6.73. The molecular formula is C38H36O6. The molecule has 6 heteroatoms. The van der Waals surface area contributed by atoms with Crippen LogP contribution in [-0.2, 0) is 28.4 Å². The zero-order valence-corrected chi connectivity index (χ0v) is 24.8. The second kappa shape index (κ2) is 10.4. The maximum Gasteiger partial charge on any atom is 0.116 e. The lowest BCUT2D eigenvalue weighted by molar-refractivity contribution is 0.0652. The molecule has 224 valence electrons. The third kappa shape index (κ3) is 4.59. The van der Waals surface area contributed by atoms with Crippen LogP contribution in [0.1, 0.15) is 58.1 Å². The predicted molar refractivity (Wildman–Crippen MR) is 167 cm³/mol. The number of epoxide rings is 3. The highest BCUT2D eigenvalue weighted by atomic mass is 16.6. The molecule has 3 fully saturated rings. The Morgan fingerprint density at radius 2 is 0.818 bits per heavy atom. The number of rotatable bonds is 12. The zero-order chi connectivity index (χ0) is 29.3. The summed E-state index contributed by atoms with van der Waals surface area (Å²) in [4.78, 5) is 0. The van der Waals surface area contributed by atoms with Crippen LogP contribution in [0.15, 0.2) is 90.1 Å². The van der Waals surface area contributed by atoms with E-state index in [0.717, 1.165) is 37.1 Å². The van der Waals surface area contributed by atoms with Crippen molar-refractivity contribution in [2.24, 2.45) is 5.41 Å². The van der Waals surface area contributed by atoms with E-state index >= 15 is 0 Å². The van der Waals surface area contributed by atoms with E-state index in [0.29, 0.717) is 19.8 Å². The summed E-state index contributed by atoms with van der Waals surface area (Å²) in [5.74, 6) is 2.72. The van der Waals surface area contributed by atoms with Crippen molar-refractivity contribution in [1.82, 2.24) is 0 Å². The summed E-state index contributed by atoms with van der Waals surface area (Å²) in [6, 6.07) is 26.2. The van der Waals surface area contributed by atoms with Gasteiger partial charge in [0.1, 0.15) is 55.4 Å². The lowest BCUT2D eigenvalue weighted by Gasteiger charge is -2.48. The van der Waals surface area contributed by atoms with Gasteiger partial charge in [0.15, 0.2) is 0 Å². The fourth-order valence-electron chi connectivity index (χ4n) is 7.75. The average Bonchev–Trinajstić information content (AvgIpc) is 3.98. The van der Waals surface area contributed by atoms with Gasteiger partial charge in [0.25, 0.3) is 0 Å². The van der Waals surface area contributed by atoms with Gasteiger partial charge < -0.3 is 28.4 Å². The van der Waals surface area contributed by atoms with Crippen LogP contribution in [0.5, 0.6) is 0 Å². The van der Waals surface area contributed by atoms with E-state index in [4.69, 9.17) is 28.4 Å². The average molecular weight is 589 g/mol. The first-order valence-electron chi connectivity index (χ1n) is 15.8. The molecule has 0 radical (unpaired) electrons. The summed E-state index contributed by atoms with van der Waals surface area (Å²) in [6.07, 6.45) is 7.19. The lowest BCUT2D eigenvalue weighted by atomic mass is 9.56. The van der Waals surface area contributed by atoms with Crippen molar-refractivity contribution in [3.8, 4) is 0 Å². The SMILES string of the molecule is CC(C1C(OCC2CO2)=Cc2ccccc21)(C1C(OCC2CO2)=Cc2ccccc21)C1C(OCC2CO2)=Cc2ccccc21. The summed E-state index contributed by atoms with van der Waals surface area (Å²) >= 11 is 0. The van der Waals surface area contributed by atoms with Crippen LogP contribution in [0.3, 0.4) is 0 Å². The second-order valence-corrected chi connectivity index (χ2v) is 13.0. The molecule has 0 spiro atoms. The molecule has 6 atom stereocenters. The molecule has 0 saturated carbocycles. The number of fused-ring (bicyclic) bond motifs is 3. The molecule has 0 N–H and O–H groups in total. The van der Waals surface area contributed by atoms with Crippen molar-refractivity contribution in [3.05, 3.63) is 123 Å². The van der Waals surface area contributed by atoms with Crippen LogP contribution >= 0.6 is 0 Å². The molecule has 6 aliphatic rings. The van der Waals surface area contributed by atoms with Crippen LogP contribution in [0, 0.1) is 5.41 Å². The first-order valence-corrected chi connectivity index (χ1v) is 15.8. The van der Waals surface area contributed by atoms with Gasteiger partial charge in [-0.2, -0.15) is 0 Å². The van der Waals surface area contributed by atoms with Gasteiger partial charge in [-0.25, -0.2) is 0 Å². The standard InChI is InChI=1S/C38H36O6/c1-38(35-29-11-5-2-8-23(29)14-32(35)42-20-26-17-39-26,36-30-12-6-3-9-24(30)15-33(36)43-21-27-18-40-27)37-31-13-7-4-10-25(31)16-34(37)44-22-28-19-41-28/h2-16,26-28,35-37H,17-22H2,1H3. The highest BCUT2D eigenvalue weighted by molar-refractivity contribution is 5.73. The summed E-state index contributed by atoms with van der Waals surface area (Å²) < 4.78 is 36.9. The molecule has 44 heavy (non-hydrogen) atoms. The molecule has 0 amide bonds. The molecule has 6 unspecified atom stereocenters. The fraction of sp³-hybridized carbons (Fsp3) is 0.368. The van der Waals surface area contributed by atoms with Crippen molar-refractivity contribution in [2.45, 2.75) is 43.0 Å². The molecule has 6 nitrogen and oxygen atoms in total. The van der Waals surface area contributed by atoms with Crippen molar-refractivity contribution in [1.29, 1.82) is 0 Å². The van der Waals surface area contributed by atoms with E-state index in [9.17, 15) is 0 Å². The van der Waals surface area contributed by atoms with Crippen molar-refractivity contribution < 1.29 is 28.4 Å². The Labute approximate surface area is 257 Å². The quantitative estimate of drug-likeness (QED) is 0.221. The highest BCUT2D eigenvalue weighted by Crippen LogP contribution is 2.67. The van der Waals surface area contributed by atoms with Gasteiger partial charge in [0.2, 0.25) is 0 Å². The van der Waals surface area contributed by atoms with Crippen LogP contribution in [0.25, 0.3) is 18.2 Å². The molecule has 3 aliphatic heterocycles. The monoisotopic (exact) mass is 588 g/mol. The summed E-state index contributed by atoms with van der Waals surface area (Å²) in [7, 11) is 0. The van der Waals surface area contributed by atoms with Crippen LogP contribution in [0.2, 0.25) is 0 Å². The van der Waals surface area contributed by atoms with Crippen LogP contribution < -0.4 is 0 Å². The Morgan fingerprint density at radius 3 is 1.11 bits per heavy atom. The minimum absolute atomic E-state index is 0.0712. The van der Waals surface area contributed by atoms with Gasteiger partial charge in [-0.3, -0.25) is 0 Å². The Hall–Kier alpha value is -3.84. The van der Waals surface area contributed by atoms with Gasteiger partial charge >= 0.3 is 0 Å². The molecule has 9 rings (SSSR count). The Kier molecular flexibility index (Phi) is 6.26. The molecule has 0 aromatic heterocycles. The fourth-order valence-corrected chi connectivity index (χ4v) is 7.75. The zero-order valence-electron chi connectivity index (χ0n) is 24.8. The molecule has 0 bridgehead atoms. The van der Waals surface area contributed by atoms with Crippen molar-refractivity contribution in [2.75, 3.05) is 39.6 Å². The minimum atomic E-state index is -0.492. The van der Waals surface area contributed by atoms with Crippen LogP contribution in [0.4, 0.5) is 0 Å². The third-order valence-corrected chi connectivity index (χ3v) is 10.0. The second-order valence-electron chi connectivity index (χ2n) is 13.0. The summed E-state index contributed by atoms with van der Waals surface area (Å²) in [5.41, 5.74) is 6.91. The third-order valence-electron chi connectivity index (χ3n) is 10.0. The Morgan fingerprint density at radius 1 is 0.523 bits per heavy atom. The van der Waals surface area contributed by atoms with Gasteiger partial charge in [-0.05, 0) is 51.6 Å². The summed E-state index contributed by atoms with van der Waals surface area (Å²) in [6.45, 7) is 6.33. The van der Waals surface area contributed by atoms with Crippen molar-refractivity contribution >= 4 is 18.2 Å². The smallest absolute Gasteiger partial charge is 0.116 e. The van der Waals surface area contributed by atoms with Gasteiger partial charge in [0, 0.05) is 23.2 Å². The molecule has 3 aromatic carbocycles. The van der Waals surface area contributed by atoms with Gasteiger partial charge in [-0.1, -0.05) is 79.7 Å². The van der Waals surface area contributed by atoms with Gasteiger partial charge in [-0.15, -0.1) is 0 Å². The normalized spacial score (nSPS) is 29.8. The first kappa shape index (κ1) is 26.6. The van der Waals surface area contributed by atoms with Crippen molar-refractivity contribution in [3.63, 3.8) is 0 Å². The maximum atomic E-state index is 6.73. The van der Waals surface area contributed by atoms with E-state index in [1.165, 1.54) is 33.4 Å². The molecule has 3 saturated heterocycles. The predicted octanol–water partition coefficient (Wildman–Crippen LogP) is 6.65. The topological polar surface area (TPSA) is 65.3 Å². The van der Waals surface area contributed by atoms with E-state index in [2.05, 4.69) is 97.9 Å². The lowest BCUT2D eigenvalue weighted by Crippen LogP contribution is -2.40. The number of allylic oxidation sites excluding steroid dienone is 3.